The Hall–Kier alpha value is -1.55. The molecule has 1 aromatic rings. The molecular formula is C17H26N2O2. The molecule has 0 bridgehead atoms. The number of para-hydroxylation sites is 1. The Bertz CT molecular complexity index is 515. The maximum Gasteiger partial charge on any atom is 0.325 e. The van der Waals surface area contributed by atoms with E-state index in [4.69, 9.17) is 0 Å². The Morgan fingerprint density at radius 1 is 1.48 bits per heavy atom. The quantitative estimate of drug-likeness (QED) is 0.875. The first-order valence-electron chi connectivity index (χ1n) is 7.69. The summed E-state index contributed by atoms with van der Waals surface area (Å²) in [6.07, 6.45) is 2.13. The van der Waals surface area contributed by atoms with Gasteiger partial charge in [0.2, 0.25) is 0 Å². The van der Waals surface area contributed by atoms with Gasteiger partial charge in [-0.05, 0) is 52.2 Å². The number of nitrogens with zero attached hydrogens (tertiary/aromatic N) is 1. The first kappa shape index (κ1) is 15.8. The van der Waals surface area contributed by atoms with Gasteiger partial charge in [0.05, 0.1) is 0 Å². The van der Waals surface area contributed by atoms with E-state index in [0.717, 1.165) is 12.8 Å². The Kier molecular flexibility index (Phi) is 4.57. The fourth-order valence-electron chi connectivity index (χ4n) is 3.15. The molecule has 0 amide bonds. The second-order valence-corrected chi connectivity index (χ2v) is 6.58. The van der Waals surface area contributed by atoms with Gasteiger partial charge in [-0.2, -0.15) is 0 Å². The van der Waals surface area contributed by atoms with E-state index in [9.17, 15) is 9.90 Å². The highest BCUT2D eigenvalue weighted by molar-refractivity contribution is 5.79. The Morgan fingerprint density at radius 2 is 2.14 bits per heavy atom. The number of hydrogen-bond acceptors (Lipinski definition) is 3. The van der Waals surface area contributed by atoms with Gasteiger partial charge in [-0.1, -0.05) is 18.2 Å². The van der Waals surface area contributed by atoms with Gasteiger partial charge in [0.1, 0.15) is 5.54 Å². The molecule has 0 aliphatic carbocycles. The van der Waals surface area contributed by atoms with Gasteiger partial charge < -0.3 is 10.0 Å². The Balaban J connectivity index is 2.30. The van der Waals surface area contributed by atoms with Crippen LogP contribution in [0.3, 0.4) is 0 Å². The Labute approximate surface area is 127 Å². The molecule has 0 saturated carbocycles. The Morgan fingerprint density at radius 3 is 2.76 bits per heavy atom. The standard InChI is InChI=1S/C17H26N2O2/c1-12(2)18-17(4,16(20)21)11-19-13(3)9-10-14-7-5-6-8-15(14)19/h5-8,12-13,18H,9-11H2,1-4H3,(H,20,21). The molecule has 0 radical (unpaired) electrons. The number of nitrogens with one attached hydrogen (secondary N) is 1. The zero-order chi connectivity index (χ0) is 15.6. The van der Waals surface area contributed by atoms with E-state index in [2.05, 4.69) is 35.3 Å². The van der Waals surface area contributed by atoms with Crippen LogP contribution in [-0.2, 0) is 11.2 Å². The maximum atomic E-state index is 11.8. The number of anilines is 1. The average Bonchev–Trinajstić information content (AvgIpc) is 2.41. The number of carbonyl (C=O) groups is 1. The molecule has 0 aromatic heterocycles. The smallest absolute Gasteiger partial charge is 0.325 e. The third-order valence-corrected chi connectivity index (χ3v) is 4.23. The van der Waals surface area contributed by atoms with Crippen molar-refractivity contribution in [1.82, 2.24) is 5.32 Å². The topological polar surface area (TPSA) is 52.6 Å². The zero-order valence-corrected chi connectivity index (χ0v) is 13.4. The number of aliphatic carboxylic acids is 1. The van der Waals surface area contributed by atoms with Crippen LogP contribution in [0.2, 0.25) is 0 Å². The summed E-state index contributed by atoms with van der Waals surface area (Å²) in [6, 6.07) is 8.80. The number of carboxylic acids is 1. The number of hydrogen-bond donors (Lipinski definition) is 2. The van der Waals surface area contributed by atoms with E-state index >= 15 is 0 Å². The lowest BCUT2D eigenvalue weighted by Crippen LogP contribution is -2.60. The van der Waals surface area contributed by atoms with Crippen LogP contribution in [0.4, 0.5) is 5.69 Å². The summed E-state index contributed by atoms with van der Waals surface area (Å²) >= 11 is 0. The second-order valence-electron chi connectivity index (χ2n) is 6.58. The van der Waals surface area contributed by atoms with Crippen molar-refractivity contribution in [3.8, 4) is 0 Å². The normalized spacial score (nSPS) is 21.0. The number of aryl methyl sites for hydroxylation is 1. The molecule has 0 fully saturated rings. The number of carboxylic acid groups (broad SMARTS) is 1. The third kappa shape index (κ3) is 3.38. The van der Waals surface area contributed by atoms with Crippen LogP contribution in [0.5, 0.6) is 0 Å². The minimum absolute atomic E-state index is 0.126. The molecule has 4 nitrogen and oxygen atoms in total. The van der Waals surface area contributed by atoms with Crippen molar-refractivity contribution in [2.45, 2.75) is 58.2 Å². The van der Waals surface area contributed by atoms with E-state index in [-0.39, 0.29) is 6.04 Å². The molecule has 116 valence electrons. The number of fused-ring (bicyclic) bond motifs is 1. The molecule has 1 aliphatic heterocycles. The molecule has 0 saturated heterocycles. The van der Waals surface area contributed by atoms with Crippen LogP contribution in [0.1, 0.15) is 39.7 Å². The summed E-state index contributed by atoms with van der Waals surface area (Å²) in [5, 5.41) is 12.9. The molecule has 1 heterocycles. The van der Waals surface area contributed by atoms with E-state index in [1.165, 1.54) is 11.3 Å². The van der Waals surface area contributed by atoms with Crippen LogP contribution < -0.4 is 10.2 Å². The lowest BCUT2D eigenvalue weighted by Gasteiger charge is -2.42. The van der Waals surface area contributed by atoms with Crippen molar-refractivity contribution < 1.29 is 9.90 Å². The monoisotopic (exact) mass is 290 g/mol. The van der Waals surface area contributed by atoms with Crippen molar-refractivity contribution in [1.29, 1.82) is 0 Å². The largest absolute Gasteiger partial charge is 0.480 e. The van der Waals surface area contributed by atoms with Crippen molar-refractivity contribution in [2.24, 2.45) is 0 Å². The summed E-state index contributed by atoms with van der Waals surface area (Å²) in [5.74, 6) is -0.800. The van der Waals surface area contributed by atoms with Crippen LogP contribution in [0.15, 0.2) is 24.3 Å². The molecule has 0 spiro atoms. The van der Waals surface area contributed by atoms with Crippen LogP contribution in [-0.4, -0.2) is 35.2 Å². The van der Waals surface area contributed by atoms with E-state index < -0.39 is 11.5 Å². The lowest BCUT2D eigenvalue weighted by atomic mass is 9.92. The second kappa shape index (κ2) is 6.06. The van der Waals surface area contributed by atoms with Crippen LogP contribution in [0, 0.1) is 0 Å². The minimum atomic E-state index is -0.952. The number of benzene rings is 1. The first-order chi connectivity index (χ1) is 9.83. The summed E-state index contributed by atoms with van der Waals surface area (Å²) in [4.78, 5) is 14.0. The van der Waals surface area contributed by atoms with Crippen molar-refractivity contribution >= 4 is 11.7 Å². The highest BCUT2D eigenvalue weighted by Crippen LogP contribution is 2.31. The predicted octanol–water partition coefficient (Wildman–Crippen LogP) is 2.67. The van der Waals surface area contributed by atoms with Gasteiger partial charge >= 0.3 is 5.97 Å². The summed E-state index contributed by atoms with van der Waals surface area (Å²) in [6.45, 7) is 8.38. The summed E-state index contributed by atoms with van der Waals surface area (Å²) in [5.41, 5.74) is 1.54. The van der Waals surface area contributed by atoms with Crippen molar-refractivity contribution in [3.05, 3.63) is 29.8 Å². The summed E-state index contributed by atoms with van der Waals surface area (Å²) in [7, 11) is 0. The van der Waals surface area contributed by atoms with Gasteiger partial charge in [0, 0.05) is 24.3 Å². The molecule has 1 aliphatic rings. The van der Waals surface area contributed by atoms with E-state index in [1.807, 2.05) is 19.9 Å². The fourth-order valence-corrected chi connectivity index (χ4v) is 3.15. The van der Waals surface area contributed by atoms with Crippen molar-refractivity contribution in [3.63, 3.8) is 0 Å². The third-order valence-electron chi connectivity index (χ3n) is 4.23. The zero-order valence-electron chi connectivity index (χ0n) is 13.4. The lowest BCUT2D eigenvalue weighted by molar-refractivity contribution is -0.144. The van der Waals surface area contributed by atoms with E-state index in [0.29, 0.717) is 12.6 Å². The highest BCUT2D eigenvalue weighted by atomic mass is 16.4. The summed E-state index contributed by atoms with van der Waals surface area (Å²) < 4.78 is 0. The van der Waals surface area contributed by atoms with Gasteiger partial charge in [-0.3, -0.25) is 10.1 Å². The highest BCUT2D eigenvalue weighted by Gasteiger charge is 2.38. The molecule has 2 unspecified atom stereocenters. The number of rotatable bonds is 5. The first-order valence-corrected chi connectivity index (χ1v) is 7.69. The molecule has 2 atom stereocenters. The molecule has 21 heavy (non-hydrogen) atoms. The van der Waals surface area contributed by atoms with Crippen LogP contribution >= 0.6 is 0 Å². The molecule has 2 N–H and O–H groups in total. The molecular weight excluding hydrogens is 264 g/mol. The molecule has 4 heteroatoms. The van der Waals surface area contributed by atoms with Gasteiger partial charge in [-0.25, -0.2) is 0 Å². The SMILES string of the molecule is CC(C)NC(C)(CN1c2ccccc2CCC1C)C(=O)O. The maximum absolute atomic E-state index is 11.8. The van der Waals surface area contributed by atoms with Crippen LogP contribution in [0.25, 0.3) is 0 Å². The van der Waals surface area contributed by atoms with Gasteiger partial charge in [-0.15, -0.1) is 0 Å². The predicted molar refractivity (Wildman–Crippen MR) is 85.9 cm³/mol. The molecule has 1 aromatic carbocycles. The fraction of sp³-hybridized carbons (Fsp3) is 0.588. The average molecular weight is 290 g/mol. The van der Waals surface area contributed by atoms with Gasteiger partial charge in [0.25, 0.3) is 0 Å². The van der Waals surface area contributed by atoms with E-state index in [1.54, 1.807) is 6.92 Å². The minimum Gasteiger partial charge on any atom is -0.480 e. The van der Waals surface area contributed by atoms with Crippen molar-refractivity contribution in [2.75, 3.05) is 11.4 Å². The van der Waals surface area contributed by atoms with Gasteiger partial charge in [0.15, 0.2) is 0 Å². The molecule has 2 rings (SSSR count).